The minimum absolute atomic E-state index is 0.205. The van der Waals surface area contributed by atoms with Crippen LogP contribution in [0.25, 0.3) is 0 Å². The highest BCUT2D eigenvalue weighted by atomic mass is 16.2. The highest BCUT2D eigenvalue weighted by Crippen LogP contribution is 2.01. The Kier molecular flexibility index (Phi) is 6.19. The van der Waals surface area contributed by atoms with Gasteiger partial charge in [-0.25, -0.2) is 4.79 Å². The third-order valence-electron chi connectivity index (χ3n) is 2.89. The summed E-state index contributed by atoms with van der Waals surface area (Å²) in [5, 5.41) is 0. The van der Waals surface area contributed by atoms with Gasteiger partial charge in [0.2, 0.25) is 0 Å². The molecule has 0 aliphatic carbocycles. The molecule has 1 aromatic heterocycles. The van der Waals surface area contributed by atoms with Crippen LogP contribution in [0.4, 0.5) is 0 Å². The molecule has 0 amide bonds. The number of aryl methyl sites for hydroxylation is 1. The van der Waals surface area contributed by atoms with E-state index in [2.05, 4.69) is 19.1 Å². The van der Waals surface area contributed by atoms with E-state index in [0.717, 1.165) is 32.1 Å². The zero-order chi connectivity index (χ0) is 13.4. The van der Waals surface area contributed by atoms with Crippen LogP contribution in [-0.2, 0) is 13.6 Å². The van der Waals surface area contributed by atoms with Crippen molar-refractivity contribution in [2.75, 3.05) is 0 Å². The van der Waals surface area contributed by atoms with E-state index in [9.17, 15) is 9.59 Å². The van der Waals surface area contributed by atoms with Gasteiger partial charge in [0.15, 0.2) is 0 Å². The first-order valence-corrected chi connectivity index (χ1v) is 6.58. The average molecular weight is 250 g/mol. The van der Waals surface area contributed by atoms with Gasteiger partial charge in [-0.3, -0.25) is 9.36 Å². The van der Waals surface area contributed by atoms with Crippen molar-refractivity contribution in [2.24, 2.45) is 7.05 Å². The first-order chi connectivity index (χ1) is 8.66. The topological polar surface area (TPSA) is 44.0 Å². The van der Waals surface area contributed by atoms with Gasteiger partial charge in [-0.15, -0.1) is 0 Å². The Morgan fingerprint density at radius 2 is 1.94 bits per heavy atom. The maximum absolute atomic E-state index is 11.7. The Morgan fingerprint density at radius 1 is 1.17 bits per heavy atom. The summed E-state index contributed by atoms with van der Waals surface area (Å²) >= 11 is 0. The molecule has 4 nitrogen and oxygen atoms in total. The Morgan fingerprint density at radius 3 is 2.67 bits per heavy atom. The quantitative estimate of drug-likeness (QED) is 0.549. The molecule has 0 radical (unpaired) electrons. The van der Waals surface area contributed by atoms with E-state index in [4.69, 9.17) is 0 Å². The van der Waals surface area contributed by atoms with Crippen molar-refractivity contribution in [1.29, 1.82) is 0 Å². The fourth-order valence-corrected chi connectivity index (χ4v) is 1.81. The van der Waals surface area contributed by atoms with E-state index in [1.807, 2.05) is 0 Å². The molecule has 18 heavy (non-hydrogen) atoms. The highest BCUT2D eigenvalue weighted by molar-refractivity contribution is 4.85. The van der Waals surface area contributed by atoms with Crippen LogP contribution >= 0.6 is 0 Å². The molecule has 0 saturated heterocycles. The second-order valence-electron chi connectivity index (χ2n) is 4.43. The Hall–Kier alpha value is -1.58. The van der Waals surface area contributed by atoms with E-state index in [1.165, 1.54) is 21.4 Å². The van der Waals surface area contributed by atoms with Crippen molar-refractivity contribution >= 4 is 0 Å². The summed E-state index contributed by atoms with van der Waals surface area (Å²) < 4.78 is 2.74. The van der Waals surface area contributed by atoms with Gasteiger partial charge in [-0.2, -0.15) is 0 Å². The van der Waals surface area contributed by atoms with Gasteiger partial charge in [0.1, 0.15) is 0 Å². The molecule has 0 fully saturated rings. The summed E-state index contributed by atoms with van der Waals surface area (Å²) in [4.78, 5) is 23.2. The smallest absolute Gasteiger partial charge is 0.303 e. The molecule has 0 atom stereocenters. The Labute approximate surface area is 108 Å². The second kappa shape index (κ2) is 7.69. The van der Waals surface area contributed by atoms with E-state index < -0.39 is 0 Å². The zero-order valence-electron chi connectivity index (χ0n) is 11.3. The first-order valence-electron chi connectivity index (χ1n) is 6.58. The van der Waals surface area contributed by atoms with Gasteiger partial charge in [0, 0.05) is 25.9 Å². The predicted molar refractivity (Wildman–Crippen MR) is 73.8 cm³/mol. The second-order valence-corrected chi connectivity index (χ2v) is 4.43. The van der Waals surface area contributed by atoms with Gasteiger partial charge in [-0.1, -0.05) is 25.5 Å². The Bertz CT molecular complexity index is 497. The number of nitrogens with zero attached hydrogens (tertiary/aromatic N) is 2. The number of unbranched alkanes of at least 4 members (excludes halogenated alkanes) is 3. The average Bonchev–Trinajstić information content (AvgIpc) is 2.36. The highest BCUT2D eigenvalue weighted by Gasteiger charge is 2.01. The molecule has 0 aliphatic heterocycles. The monoisotopic (exact) mass is 250 g/mol. The standard InChI is InChI=1S/C14H22N2O2/c1-3-4-5-6-7-8-9-11-16-13(17)10-12-15(2)14(16)18/h4-5,10,12H,3,6-9,11H2,1-2H3/b5-4-. The van der Waals surface area contributed by atoms with E-state index in [1.54, 1.807) is 7.05 Å². The summed E-state index contributed by atoms with van der Waals surface area (Å²) in [7, 11) is 1.66. The number of aromatic nitrogens is 2. The van der Waals surface area contributed by atoms with Crippen molar-refractivity contribution in [3.8, 4) is 0 Å². The summed E-state index contributed by atoms with van der Waals surface area (Å²) in [5.41, 5.74) is -0.433. The number of hydrogen-bond donors (Lipinski definition) is 0. The number of allylic oxidation sites excluding steroid dienone is 2. The van der Waals surface area contributed by atoms with Gasteiger partial charge in [-0.05, 0) is 25.7 Å². The van der Waals surface area contributed by atoms with Crippen LogP contribution in [0.1, 0.15) is 39.0 Å². The van der Waals surface area contributed by atoms with E-state index in [-0.39, 0.29) is 11.2 Å². The lowest BCUT2D eigenvalue weighted by Crippen LogP contribution is -2.37. The van der Waals surface area contributed by atoms with Crippen LogP contribution in [0, 0.1) is 0 Å². The molecular formula is C14H22N2O2. The fourth-order valence-electron chi connectivity index (χ4n) is 1.81. The zero-order valence-corrected chi connectivity index (χ0v) is 11.3. The van der Waals surface area contributed by atoms with Crippen molar-refractivity contribution in [3.05, 3.63) is 45.3 Å². The Balaban J connectivity index is 2.41. The summed E-state index contributed by atoms with van der Waals surface area (Å²) in [6, 6.07) is 1.44. The molecule has 4 heteroatoms. The maximum Gasteiger partial charge on any atom is 0.330 e. The van der Waals surface area contributed by atoms with Gasteiger partial charge >= 0.3 is 5.69 Å². The summed E-state index contributed by atoms with van der Waals surface area (Å²) in [6.45, 7) is 2.64. The van der Waals surface area contributed by atoms with E-state index >= 15 is 0 Å². The van der Waals surface area contributed by atoms with Crippen molar-refractivity contribution in [1.82, 2.24) is 9.13 Å². The molecule has 1 heterocycles. The van der Waals surface area contributed by atoms with Gasteiger partial charge in [0.25, 0.3) is 5.56 Å². The molecule has 0 saturated carbocycles. The number of rotatable bonds is 7. The number of hydrogen-bond acceptors (Lipinski definition) is 2. The van der Waals surface area contributed by atoms with Crippen LogP contribution < -0.4 is 11.2 Å². The molecule has 0 N–H and O–H groups in total. The van der Waals surface area contributed by atoms with Crippen LogP contribution in [0.2, 0.25) is 0 Å². The molecule has 100 valence electrons. The minimum Gasteiger partial charge on any atom is -0.303 e. The fraction of sp³-hybridized carbons (Fsp3) is 0.571. The van der Waals surface area contributed by atoms with E-state index in [0.29, 0.717) is 6.54 Å². The first kappa shape index (κ1) is 14.5. The summed E-state index contributed by atoms with van der Waals surface area (Å²) in [5.74, 6) is 0. The molecule has 1 aromatic rings. The molecule has 0 bridgehead atoms. The summed E-state index contributed by atoms with van der Waals surface area (Å²) in [6.07, 6.45) is 11.0. The van der Waals surface area contributed by atoms with Crippen molar-refractivity contribution < 1.29 is 0 Å². The lowest BCUT2D eigenvalue weighted by atomic mass is 10.2. The molecule has 0 spiro atoms. The van der Waals surface area contributed by atoms with Crippen LogP contribution in [0.15, 0.2) is 34.0 Å². The third kappa shape index (κ3) is 4.35. The molecule has 0 aliphatic rings. The molecular weight excluding hydrogens is 228 g/mol. The van der Waals surface area contributed by atoms with Gasteiger partial charge in [0.05, 0.1) is 0 Å². The molecule has 1 rings (SSSR count). The SMILES string of the molecule is CC/C=C\CCCCCn1c(=O)ccn(C)c1=O. The van der Waals surface area contributed by atoms with Crippen molar-refractivity contribution in [3.63, 3.8) is 0 Å². The van der Waals surface area contributed by atoms with Crippen LogP contribution in [0.3, 0.4) is 0 Å². The van der Waals surface area contributed by atoms with Gasteiger partial charge < -0.3 is 4.57 Å². The van der Waals surface area contributed by atoms with Crippen LogP contribution in [0.5, 0.6) is 0 Å². The predicted octanol–water partition coefficient (Wildman–Crippen LogP) is 2.07. The largest absolute Gasteiger partial charge is 0.330 e. The normalized spacial score (nSPS) is 11.2. The minimum atomic E-state index is -0.228. The maximum atomic E-state index is 11.7. The molecule has 0 aromatic carbocycles. The lowest BCUT2D eigenvalue weighted by Gasteiger charge is -2.05. The van der Waals surface area contributed by atoms with Crippen LogP contribution in [-0.4, -0.2) is 9.13 Å². The third-order valence-corrected chi connectivity index (χ3v) is 2.89. The molecule has 0 unspecified atom stereocenters. The van der Waals surface area contributed by atoms with Crippen molar-refractivity contribution in [2.45, 2.75) is 45.6 Å². The lowest BCUT2D eigenvalue weighted by molar-refractivity contribution is 0.536.